The lowest BCUT2D eigenvalue weighted by Gasteiger charge is -2.33. The Morgan fingerprint density at radius 1 is 1.24 bits per heavy atom. The zero-order valence-electron chi connectivity index (χ0n) is 13.7. The number of alkyl halides is 1. The molecule has 25 heavy (non-hydrogen) atoms. The molecule has 4 atom stereocenters. The Morgan fingerprint density at radius 2 is 1.92 bits per heavy atom. The number of hydrogen-bond acceptors (Lipinski definition) is 7. The van der Waals surface area contributed by atoms with Gasteiger partial charge in [-0.3, -0.25) is 19.3 Å². The van der Waals surface area contributed by atoms with E-state index in [2.05, 4.69) is 0 Å². The first-order valence-electron chi connectivity index (χ1n) is 8.23. The fraction of sp³-hybridized carbons (Fsp3) is 0.688. The minimum Gasteiger partial charge on any atom is -0.463 e. The highest BCUT2D eigenvalue weighted by atomic mass is 19.1. The molecule has 0 aliphatic carbocycles. The predicted octanol–water partition coefficient (Wildman–Crippen LogP) is -0.179. The number of aliphatic hydroxyl groups is 2. The van der Waals surface area contributed by atoms with Gasteiger partial charge in [-0.15, -0.1) is 0 Å². The van der Waals surface area contributed by atoms with E-state index >= 15 is 0 Å². The molecular formula is C16H22FNO7. The molecule has 2 N–H and O–H groups in total. The van der Waals surface area contributed by atoms with Crippen LogP contribution in [0.2, 0.25) is 0 Å². The van der Waals surface area contributed by atoms with Crippen molar-refractivity contribution in [3.05, 3.63) is 12.2 Å². The van der Waals surface area contributed by atoms with E-state index in [0.29, 0.717) is 25.8 Å². The van der Waals surface area contributed by atoms with Crippen LogP contribution in [0.5, 0.6) is 0 Å². The number of amides is 2. The highest BCUT2D eigenvalue weighted by Gasteiger charge is 2.38. The van der Waals surface area contributed by atoms with Gasteiger partial charge in [0.25, 0.3) is 11.8 Å². The van der Waals surface area contributed by atoms with Crippen LogP contribution >= 0.6 is 0 Å². The molecule has 140 valence electrons. The van der Waals surface area contributed by atoms with E-state index in [9.17, 15) is 29.0 Å². The van der Waals surface area contributed by atoms with Crippen molar-refractivity contribution < 1.29 is 38.5 Å². The molecule has 1 unspecified atom stereocenters. The Hall–Kier alpha value is -1.84. The number of hydrogen-bond donors (Lipinski definition) is 2. The first-order chi connectivity index (χ1) is 11.9. The van der Waals surface area contributed by atoms with Gasteiger partial charge in [0.2, 0.25) is 0 Å². The maximum atomic E-state index is 13.7. The summed E-state index contributed by atoms with van der Waals surface area (Å²) >= 11 is 0. The lowest BCUT2D eigenvalue weighted by molar-refractivity contribution is -0.228. The number of esters is 1. The number of ether oxygens (including phenoxy) is 2. The second-order valence-corrected chi connectivity index (χ2v) is 6.03. The van der Waals surface area contributed by atoms with Gasteiger partial charge in [0.1, 0.15) is 12.7 Å². The summed E-state index contributed by atoms with van der Waals surface area (Å²) in [6.07, 6.45) is -1.52. The molecule has 2 heterocycles. The average Bonchev–Trinajstić information content (AvgIpc) is 2.88. The zero-order valence-corrected chi connectivity index (χ0v) is 13.7. The molecular weight excluding hydrogens is 337 g/mol. The van der Waals surface area contributed by atoms with Crippen LogP contribution in [-0.2, 0) is 23.9 Å². The third kappa shape index (κ3) is 5.58. The Morgan fingerprint density at radius 3 is 2.60 bits per heavy atom. The molecule has 0 saturated carbocycles. The van der Waals surface area contributed by atoms with Gasteiger partial charge in [-0.25, -0.2) is 4.39 Å². The molecule has 2 amide bonds. The van der Waals surface area contributed by atoms with Crippen molar-refractivity contribution in [2.75, 3.05) is 13.2 Å². The second kappa shape index (κ2) is 9.02. The van der Waals surface area contributed by atoms with Gasteiger partial charge in [0.15, 0.2) is 12.5 Å². The number of carbonyl (C=O) groups is 3. The van der Waals surface area contributed by atoms with Crippen molar-refractivity contribution in [1.82, 2.24) is 4.90 Å². The van der Waals surface area contributed by atoms with Gasteiger partial charge in [-0.05, 0) is 12.8 Å². The summed E-state index contributed by atoms with van der Waals surface area (Å²) in [5, 5.41) is 18.7. The Bertz CT molecular complexity index is 521. The topological polar surface area (TPSA) is 113 Å². The molecule has 2 aliphatic heterocycles. The highest BCUT2D eigenvalue weighted by molar-refractivity contribution is 6.12. The lowest BCUT2D eigenvalue weighted by atomic mass is 10.0. The van der Waals surface area contributed by atoms with Crippen LogP contribution in [0.15, 0.2) is 12.2 Å². The summed E-state index contributed by atoms with van der Waals surface area (Å²) in [5.74, 6) is -1.20. The van der Waals surface area contributed by atoms with Crippen molar-refractivity contribution >= 4 is 17.8 Å². The van der Waals surface area contributed by atoms with Crippen LogP contribution in [0.4, 0.5) is 4.39 Å². The van der Waals surface area contributed by atoms with Crippen molar-refractivity contribution in [1.29, 1.82) is 0 Å². The molecule has 0 bridgehead atoms. The summed E-state index contributed by atoms with van der Waals surface area (Å²) in [6.45, 7) is -0.0779. The number of imide groups is 1. The number of nitrogens with zero attached hydrogens (tertiary/aromatic N) is 1. The van der Waals surface area contributed by atoms with E-state index in [0.717, 1.165) is 4.90 Å². The van der Waals surface area contributed by atoms with Gasteiger partial charge in [-0.1, -0.05) is 6.42 Å². The van der Waals surface area contributed by atoms with Crippen molar-refractivity contribution in [2.45, 2.75) is 56.8 Å². The summed E-state index contributed by atoms with van der Waals surface area (Å²) in [6, 6.07) is 0. The molecule has 2 aliphatic rings. The summed E-state index contributed by atoms with van der Waals surface area (Å²) in [4.78, 5) is 35.4. The minimum atomic E-state index is -1.72. The predicted molar refractivity (Wildman–Crippen MR) is 81.7 cm³/mol. The molecule has 8 nitrogen and oxygen atoms in total. The van der Waals surface area contributed by atoms with E-state index in [1.165, 1.54) is 12.2 Å². The normalized spacial score (nSPS) is 29.3. The van der Waals surface area contributed by atoms with E-state index in [-0.39, 0.29) is 31.3 Å². The van der Waals surface area contributed by atoms with Crippen molar-refractivity contribution in [3.8, 4) is 0 Å². The third-order valence-corrected chi connectivity index (χ3v) is 4.07. The molecule has 0 aromatic carbocycles. The molecule has 0 radical (unpaired) electrons. The summed E-state index contributed by atoms with van der Waals surface area (Å²) in [7, 11) is 0. The van der Waals surface area contributed by atoms with Crippen LogP contribution in [0, 0.1) is 0 Å². The first kappa shape index (κ1) is 19.5. The Kier molecular flexibility index (Phi) is 7.03. The van der Waals surface area contributed by atoms with Gasteiger partial charge in [0, 0.05) is 31.5 Å². The maximum absolute atomic E-state index is 13.7. The maximum Gasteiger partial charge on any atom is 0.305 e. The van der Waals surface area contributed by atoms with E-state index < -0.39 is 30.6 Å². The quantitative estimate of drug-likeness (QED) is 0.351. The Balaban J connectivity index is 1.57. The van der Waals surface area contributed by atoms with E-state index in [1.807, 2.05) is 0 Å². The highest BCUT2D eigenvalue weighted by Crippen LogP contribution is 2.22. The number of halogens is 1. The van der Waals surface area contributed by atoms with Crippen LogP contribution in [0.1, 0.15) is 32.1 Å². The number of aliphatic hydroxyl groups excluding tert-OH is 2. The molecule has 9 heteroatoms. The largest absolute Gasteiger partial charge is 0.463 e. The third-order valence-electron chi connectivity index (χ3n) is 4.07. The van der Waals surface area contributed by atoms with E-state index in [4.69, 9.17) is 9.47 Å². The number of carbonyl (C=O) groups excluding carboxylic acids is 3. The van der Waals surface area contributed by atoms with E-state index in [1.54, 1.807) is 0 Å². The first-order valence-corrected chi connectivity index (χ1v) is 8.23. The van der Waals surface area contributed by atoms with Gasteiger partial charge in [0.05, 0.1) is 6.10 Å². The minimum absolute atomic E-state index is 0.106. The number of rotatable bonds is 8. The van der Waals surface area contributed by atoms with Crippen LogP contribution in [0.25, 0.3) is 0 Å². The summed E-state index contributed by atoms with van der Waals surface area (Å²) in [5.41, 5.74) is 0. The average molecular weight is 359 g/mol. The molecule has 0 spiro atoms. The second-order valence-electron chi connectivity index (χ2n) is 6.03. The van der Waals surface area contributed by atoms with Crippen molar-refractivity contribution in [2.24, 2.45) is 0 Å². The van der Waals surface area contributed by atoms with Gasteiger partial charge < -0.3 is 19.7 Å². The van der Waals surface area contributed by atoms with Crippen LogP contribution in [-0.4, -0.2) is 70.7 Å². The van der Waals surface area contributed by atoms with Crippen LogP contribution < -0.4 is 0 Å². The van der Waals surface area contributed by atoms with Gasteiger partial charge in [-0.2, -0.15) is 0 Å². The molecule has 1 saturated heterocycles. The van der Waals surface area contributed by atoms with Gasteiger partial charge >= 0.3 is 5.97 Å². The Labute approximate surface area is 144 Å². The monoisotopic (exact) mass is 359 g/mol. The number of unbranched alkanes of at least 4 members (excludes halogenated alkanes) is 2. The molecule has 2 rings (SSSR count). The van der Waals surface area contributed by atoms with Crippen molar-refractivity contribution in [3.63, 3.8) is 0 Å². The smallest absolute Gasteiger partial charge is 0.305 e. The molecule has 0 aromatic rings. The SMILES string of the molecule is O=C(CCCCCN1C(=O)C=CC1=O)OC[C@H]1OC(O)C[C@@H](O)[C@@H]1F. The lowest BCUT2D eigenvalue weighted by Crippen LogP contribution is -2.48. The van der Waals surface area contributed by atoms with Crippen LogP contribution in [0.3, 0.4) is 0 Å². The standard InChI is InChI=1S/C16H22FNO7/c17-16-10(19)8-15(23)25-11(16)9-24-14(22)4-2-1-3-7-18-12(20)5-6-13(18)21/h5-6,10-11,15-16,19,23H,1-4,7-9H2/t10-,11-,15?,16+/m1/s1. The fourth-order valence-corrected chi connectivity index (χ4v) is 2.66. The molecule has 1 fully saturated rings. The summed E-state index contributed by atoms with van der Waals surface area (Å²) < 4.78 is 23.5. The zero-order chi connectivity index (χ0) is 18.4. The molecule has 0 aromatic heterocycles. The fourth-order valence-electron chi connectivity index (χ4n) is 2.66.